The van der Waals surface area contributed by atoms with Crippen LogP contribution in [0.3, 0.4) is 0 Å². The SMILES string of the molecule is COC(=O)CC(N)c1c(Cl)cccc1Cl. The summed E-state index contributed by atoms with van der Waals surface area (Å²) in [7, 11) is 1.31. The topological polar surface area (TPSA) is 52.3 Å². The first-order valence-corrected chi connectivity index (χ1v) is 5.08. The van der Waals surface area contributed by atoms with Gasteiger partial charge in [-0.1, -0.05) is 29.3 Å². The van der Waals surface area contributed by atoms with Crippen LogP contribution in [0.4, 0.5) is 0 Å². The predicted octanol–water partition coefficient (Wildman–Crippen LogP) is 2.56. The fraction of sp³-hybridized carbons (Fsp3) is 0.300. The van der Waals surface area contributed by atoms with Crippen LogP contribution in [0.5, 0.6) is 0 Å². The zero-order valence-corrected chi connectivity index (χ0v) is 9.68. The van der Waals surface area contributed by atoms with Crippen molar-refractivity contribution in [3.8, 4) is 0 Å². The molecule has 0 heterocycles. The molecule has 1 atom stereocenters. The molecule has 0 saturated carbocycles. The second kappa shape index (κ2) is 5.35. The van der Waals surface area contributed by atoms with Crippen LogP contribution in [0.15, 0.2) is 18.2 Å². The summed E-state index contributed by atoms with van der Waals surface area (Å²) in [6.07, 6.45) is 0.0555. The van der Waals surface area contributed by atoms with Crippen molar-refractivity contribution in [2.45, 2.75) is 12.5 Å². The van der Waals surface area contributed by atoms with Gasteiger partial charge < -0.3 is 10.5 Å². The predicted molar refractivity (Wildman–Crippen MR) is 60.0 cm³/mol. The summed E-state index contributed by atoms with van der Waals surface area (Å²) in [5, 5.41) is 0.915. The largest absolute Gasteiger partial charge is 0.469 e. The molecule has 15 heavy (non-hydrogen) atoms. The van der Waals surface area contributed by atoms with E-state index in [4.69, 9.17) is 28.9 Å². The van der Waals surface area contributed by atoms with Crippen molar-refractivity contribution < 1.29 is 9.53 Å². The first-order valence-electron chi connectivity index (χ1n) is 4.32. The molecule has 2 N–H and O–H groups in total. The summed E-state index contributed by atoms with van der Waals surface area (Å²) < 4.78 is 4.52. The van der Waals surface area contributed by atoms with E-state index >= 15 is 0 Å². The number of esters is 1. The highest BCUT2D eigenvalue weighted by atomic mass is 35.5. The smallest absolute Gasteiger partial charge is 0.307 e. The molecule has 0 radical (unpaired) electrons. The van der Waals surface area contributed by atoms with Gasteiger partial charge in [0.15, 0.2) is 0 Å². The number of hydrogen-bond donors (Lipinski definition) is 1. The van der Waals surface area contributed by atoms with Crippen LogP contribution in [0.2, 0.25) is 10.0 Å². The zero-order chi connectivity index (χ0) is 11.4. The minimum absolute atomic E-state index is 0.0555. The quantitative estimate of drug-likeness (QED) is 0.836. The molecule has 1 unspecified atom stereocenters. The molecule has 5 heteroatoms. The normalized spacial score (nSPS) is 12.3. The Bertz CT molecular complexity index is 348. The van der Waals surface area contributed by atoms with Crippen LogP contribution in [0.1, 0.15) is 18.0 Å². The minimum Gasteiger partial charge on any atom is -0.469 e. The summed E-state index contributed by atoms with van der Waals surface area (Å²) in [6.45, 7) is 0. The van der Waals surface area contributed by atoms with Gasteiger partial charge in [-0.15, -0.1) is 0 Å². The first-order chi connectivity index (χ1) is 7.06. The monoisotopic (exact) mass is 247 g/mol. The fourth-order valence-corrected chi connectivity index (χ4v) is 1.91. The summed E-state index contributed by atoms with van der Waals surface area (Å²) in [5.41, 5.74) is 6.38. The molecule has 0 aromatic heterocycles. The highest BCUT2D eigenvalue weighted by Crippen LogP contribution is 2.30. The number of benzene rings is 1. The third-order valence-electron chi connectivity index (χ3n) is 1.98. The van der Waals surface area contributed by atoms with Gasteiger partial charge in [-0.3, -0.25) is 4.79 Å². The Labute approximate surface area is 98.1 Å². The Morgan fingerprint density at radius 3 is 2.47 bits per heavy atom. The van der Waals surface area contributed by atoms with Crippen LogP contribution in [0, 0.1) is 0 Å². The number of halogens is 2. The molecule has 82 valence electrons. The van der Waals surface area contributed by atoms with Crippen LogP contribution < -0.4 is 5.73 Å². The Hall–Kier alpha value is -0.770. The maximum absolute atomic E-state index is 11.0. The van der Waals surface area contributed by atoms with Gasteiger partial charge in [0.2, 0.25) is 0 Å². The molecular weight excluding hydrogens is 237 g/mol. The fourth-order valence-electron chi connectivity index (χ4n) is 1.23. The molecular formula is C10H11Cl2NO2. The van der Waals surface area contributed by atoms with Gasteiger partial charge >= 0.3 is 5.97 Å². The second-order valence-electron chi connectivity index (χ2n) is 3.02. The standard InChI is InChI=1S/C10H11Cl2NO2/c1-15-9(14)5-8(13)10-6(11)3-2-4-7(10)12/h2-4,8H,5,13H2,1H3. The molecule has 0 saturated heterocycles. The lowest BCUT2D eigenvalue weighted by Gasteiger charge is -2.13. The molecule has 1 aromatic rings. The third kappa shape index (κ3) is 3.09. The average Bonchev–Trinajstić information content (AvgIpc) is 2.17. The Kier molecular flexibility index (Phi) is 4.39. The summed E-state index contributed by atoms with van der Waals surface area (Å²) >= 11 is 11.9. The lowest BCUT2D eigenvalue weighted by molar-refractivity contribution is -0.141. The van der Waals surface area contributed by atoms with Gasteiger partial charge in [-0.05, 0) is 12.1 Å². The van der Waals surface area contributed by atoms with Gasteiger partial charge in [0.05, 0.1) is 13.5 Å². The van der Waals surface area contributed by atoms with E-state index in [0.717, 1.165) is 0 Å². The molecule has 0 aliphatic carbocycles. The Balaban J connectivity index is 2.90. The van der Waals surface area contributed by atoms with Crippen LogP contribution in [-0.2, 0) is 9.53 Å². The van der Waals surface area contributed by atoms with E-state index in [-0.39, 0.29) is 6.42 Å². The number of nitrogens with two attached hydrogens (primary N) is 1. The summed E-state index contributed by atoms with van der Waals surface area (Å²) in [6, 6.07) is 4.54. The molecule has 0 fully saturated rings. The number of rotatable bonds is 3. The molecule has 0 aliphatic heterocycles. The molecule has 0 amide bonds. The molecule has 1 aromatic carbocycles. The van der Waals surface area contributed by atoms with Gasteiger partial charge in [-0.25, -0.2) is 0 Å². The van der Waals surface area contributed by atoms with E-state index in [2.05, 4.69) is 4.74 Å². The number of hydrogen-bond acceptors (Lipinski definition) is 3. The van der Waals surface area contributed by atoms with Crippen molar-refractivity contribution >= 4 is 29.2 Å². The lowest BCUT2D eigenvalue weighted by atomic mass is 10.0. The maximum Gasteiger partial charge on any atom is 0.307 e. The molecule has 0 aliphatic rings. The van der Waals surface area contributed by atoms with E-state index in [9.17, 15) is 4.79 Å². The number of methoxy groups -OCH3 is 1. The van der Waals surface area contributed by atoms with E-state index in [0.29, 0.717) is 15.6 Å². The average molecular weight is 248 g/mol. The zero-order valence-electron chi connectivity index (χ0n) is 8.17. The minimum atomic E-state index is -0.543. The van der Waals surface area contributed by atoms with Crippen molar-refractivity contribution in [1.29, 1.82) is 0 Å². The van der Waals surface area contributed by atoms with Crippen molar-refractivity contribution in [2.24, 2.45) is 5.73 Å². The molecule has 3 nitrogen and oxygen atoms in total. The third-order valence-corrected chi connectivity index (χ3v) is 2.64. The van der Waals surface area contributed by atoms with Gasteiger partial charge in [0.1, 0.15) is 0 Å². The Morgan fingerprint density at radius 2 is 2.00 bits per heavy atom. The van der Waals surface area contributed by atoms with Gasteiger partial charge in [0.25, 0.3) is 0 Å². The highest BCUT2D eigenvalue weighted by Gasteiger charge is 2.17. The van der Waals surface area contributed by atoms with Crippen molar-refractivity contribution in [2.75, 3.05) is 7.11 Å². The van der Waals surface area contributed by atoms with Gasteiger partial charge in [-0.2, -0.15) is 0 Å². The summed E-state index contributed by atoms with van der Waals surface area (Å²) in [5.74, 6) is -0.390. The van der Waals surface area contributed by atoms with E-state index in [1.807, 2.05) is 0 Å². The van der Waals surface area contributed by atoms with Crippen molar-refractivity contribution in [1.82, 2.24) is 0 Å². The van der Waals surface area contributed by atoms with E-state index in [1.165, 1.54) is 7.11 Å². The number of ether oxygens (including phenoxy) is 1. The number of carbonyl (C=O) groups excluding carboxylic acids is 1. The van der Waals surface area contributed by atoms with Crippen molar-refractivity contribution in [3.63, 3.8) is 0 Å². The van der Waals surface area contributed by atoms with E-state index in [1.54, 1.807) is 18.2 Å². The van der Waals surface area contributed by atoms with Crippen molar-refractivity contribution in [3.05, 3.63) is 33.8 Å². The van der Waals surface area contributed by atoms with Crippen LogP contribution >= 0.6 is 23.2 Å². The van der Waals surface area contributed by atoms with Crippen LogP contribution in [-0.4, -0.2) is 13.1 Å². The van der Waals surface area contributed by atoms with E-state index < -0.39 is 12.0 Å². The van der Waals surface area contributed by atoms with Crippen LogP contribution in [0.25, 0.3) is 0 Å². The summed E-state index contributed by atoms with van der Waals surface area (Å²) in [4.78, 5) is 11.0. The maximum atomic E-state index is 11.0. The molecule has 0 bridgehead atoms. The van der Waals surface area contributed by atoms with Gasteiger partial charge in [0, 0.05) is 21.7 Å². The number of carbonyl (C=O) groups is 1. The highest BCUT2D eigenvalue weighted by molar-refractivity contribution is 6.36. The first kappa shape index (κ1) is 12.3. The molecule has 0 spiro atoms. The molecule has 1 rings (SSSR count). The lowest BCUT2D eigenvalue weighted by Crippen LogP contribution is -2.17. The Morgan fingerprint density at radius 1 is 1.47 bits per heavy atom. The second-order valence-corrected chi connectivity index (χ2v) is 3.84.